The maximum atomic E-state index is 10.3. The van der Waals surface area contributed by atoms with Crippen LogP contribution >= 0.6 is 0 Å². The van der Waals surface area contributed by atoms with Gasteiger partial charge in [0.05, 0.1) is 17.1 Å². The molecule has 4 heteroatoms. The quantitative estimate of drug-likeness (QED) is 0.869. The van der Waals surface area contributed by atoms with Crippen LogP contribution in [0.15, 0.2) is 30.6 Å². The van der Waals surface area contributed by atoms with E-state index in [1.54, 1.807) is 12.4 Å². The summed E-state index contributed by atoms with van der Waals surface area (Å²) in [4.78, 5) is 8.54. The summed E-state index contributed by atoms with van der Waals surface area (Å²) in [6, 6.07) is 5.69. The second-order valence-electron chi connectivity index (χ2n) is 5.42. The third kappa shape index (κ3) is 3.03. The summed E-state index contributed by atoms with van der Waals surface area (Å²) in [6.07, 6.45) is 2.73. The Morgan fingerprint density at radius 1 is 1.22 bits per heavy atom. The maximum absolute atomic E-state index is 10.3. The fraction of sp³-hybridized carbons (Fsp3) is 0.429. The highest BCUT2D eigenvalue weighted by molar-refractivity contribution is 5.77. The van der Waals surface area contributed by atoms with Crippen molar-refractivity contribution in [1.29, 1.82) is 0 Å². The summed E-state index contributed by atoms with van der Waals surface area (Å²) in [5, 5.41) is 13.5. The average molecular weight is 245 g/mol. The lowest BCUT2D eigenvalue weighted by Gasteiger charge is -2.23. The molecule has 0 aliphatic rings. The van der Waals surface area contributed by atoms with Gasteiger partial charge in [0, 0.05) is 30.0 Å². The van der Waals surface area contributed by atoms with E-state index in [1.807, 2.05) is 18.2 Å². The summed E-state index contributed by atoms with van der Waals surface area (Å²) < 4.78 is 0. The smallest absolute Gasteiger partial charge is 0.0945 e. The number of fused-ring (bicyclic) bond motifs is 1. The number of benzene rings is 1. The maximum Gasteiger partial charge on any atom is 0.0945 e. The minimum Gasteiger partial charge on any atom is -0.387 e. The lowest BCUT2D eigenvalue weighted by Crippen LogP contribution is -2.38. The first-order chi connectivity index (χ1) is 8.47. The molecule has 0 spiro atoms. The van der Waals surface area contributed by atoms with Gasteiger partial charge in [0.15, 0.2) is 0 Å². The van der Waals surface area contributed by atoms with Gasteiger partial charge in [-0.15, -0.1) is 0 Å². The standard InChI is InChI=1S/C14H19N3O/c1-14(2,3)17-9-12(18)10-5-4-6-11-13(10)16-8-7-15-11/h4-8,12,17-18H,9H2,1-3H3/t12-/m0/s1. The van der Waals surface area contributed by atoms with Crippen molar-refractivity contribution >= 4 is 11.0 Å². The van der Waals surface area contributed by atoms with Gasteiger partial charge in [-0.25, -0.2) is 0 Å². The third-order valence-corrected chi connectivity index (χ3v) is 2.71. The Hall–Kier alpha value is -1.52. The van der Waals surface area contributed by atoms with E-state index in [0.29, 0.717) is 6.54 Å². The molecule has 18 heavy (non-hydrogen) atoms. The van der Waals surface area contributed by atoms with Crippen LogP contribution in [-0.4, -0.2) is 27.2 Å². The van der Waals surface area contributed by atoms with Crippen molar-refractivity contribution in [2.75, 3.05) is 6.54 Å². The van der Waals surface area contributed by atoms with E-state index in [-0.39, 0.29) is 5.54 Å². The van der Waals surface area contributed by atoms with E-state index >= 15 is 0 Å². The molecule has 0 aliphatic carbocycles. The van der Waals surface area contributed by atoms with Crippen molar-refractivity contribution in [2.24, 2.45) is 0 Å². The highest BCUT2D eigenvalue weighted by atomic mass is 16.3. The second kappa shape index (κ2) is 5.00. The number of nitrogens with zero attached hydrogens (tertiary/aromatic N) is 2. The molecule has 2 rings (SSSR count). The van der Waals surface area contributed by atoms with Crippen LogP contribution in [0, 0.1) is 0 Å². The Bertz CT molecular complexity index is 529. The molecule has 1 aromatic carbocycles. The van der Waals surface area contributed by atoms with Crippen molar-refractivity contribution in [3.63, 3.8) is 0 Å². The number of aromatic nitrogens is 2. The van der Waals surface area contributed by atoms with Crippen LogP contribution < -0.4 is 5.32 Å². The van der Waals surface area contributed by atoms with Crippen LogP contribution in [0.1, 0.15) is 32.4 Å². The van der Waals surface area contributed by atoms with Crippen LogP contribution in [0.2, 0.25) is 0 Å². The minimum absolute atomic E-state index is 0.0166. The van der Waals surface area contributed by atoms with Crippen molar-refractivity contribution in [3.8, 4) is 0 Å². The summed E-state index contributed by atoms with van der Waals surface area (Å²) in [6.45, 7) is 6.72. The topological polar surface area (TPSA) is 58.0 Å². The monoisotopic (exact) mass is 245 g/mol. The molecule has 0 fully saturated rings. The largest absolute Gasteiger partial charge is 0.387 e. The van der Waals surface area contributed by atoms with Gasteiger partial charge in [-0.3, -0.25) is 9.97 Å². The summed E-state index contributed by atoms with van der Waals surface area (Å²) in [7, 11) is 0. The van der Waals surface area contributed by atoms with Gasteiger partial charge in [0.2, 0.25) is 0 Å². The number of β-amino-alcohol motifs (C(OH)–C–C–N with tert-alkyl or cyclic N) is 1. The summed E-state index contributed by atoms with van der Waals surface area (Å²) in [5.41, 5.74) is 2.38. The fourth-order valence-corrected chi connectivity index (χ4v) is 1.80. The van der Waals surface area contributed by atoms with E-state index in [9.17, 15) is 5.11 Å². The zero-order chi connectivity index (χ0) is 13.2. The molecule has 0 aliphatic heterocycles. The van der Waals surface area contributed by atoms with E-state index < -0.39 is 6.10 Å². The predicted molar refractivity (Wildman–Crippen MR) is 72.3 cm³/mol. The normalized spacial score (nSPS) is 13.8. The lowest BCUT2D eigenvalue weighted by molar-refractivity contribution is 0.164. The van der Waals surface area contributed by atoms with E-state index in [0.717, 1.165) is 16.6 Å². The van der Waals surface area contributed by atoms with Gasteiger partial charge in [-0.1, -0.05) is 12.1 Å². The van der Waals surface area contributed by atoms with Gasteiger partial charge >= 0.3 is 0 Å². The van der Waals surface area contributed by atoms with Gasteiger partial charge < -0.3 is 10.4 Å². The molecular weight excluding hydrogens is 226 g/mol. The van der Waals surface area contributed by atoms with Crippen LogP contribution in [0.5, 0.6) is 0 Å². The van der Waals surface area contributed by atoms with Gasteiger partial charge in [0.1, 0.15) is 0 Å². The SMILES string of the molecule is CC(C)(C)NC[C@H](O)c1cccc2nccnc12. The van der Waals surface area contributed by atoms with Crippen LogP contribution in [0.4, 0.5) is 0 Å². The first-order valence-corrected chi connectivity index (χ1v) is 6.10. The summed E-state index contributed by atoms with van der Waals surface area (Å²) in [5.74, 6) is 0. The van der Waals surface area contributed by atoms with Crippen molar-refractivity contribution in [2.45, 2.75) is 32.4 Å². The highest BCUT2D eigenvalue weighted by Crippen LogP contribution is 2.21. The molecule has 4 nitrogen and oxygen atoms in total. The van der Waals surface area contributed by atoms with Gasteiger partial charge in [0.25, 0.3) is 0 Å². The molecule has 2 N–H and O–H groups in total. The Morgan fingerprint density at radius 2 is 1.94 bits per heavy atom. The van der Waals surface area contributed by atoms with Crippen molar-refractivity contribution < 1.29 is 5.11 Å². The highest BCUT2D eigenvalue weighted by Gasteiger charge is 2.16. The number of para-hydroxylation sites is 1. The molecule has 1 aromatic heterocycles. The molecule has 0 saturated carbocycles. The molecule has 1 atom stereocenters. The Balaban J connectivity index is 2.25. The molecule has 0 unspecified atom stereocenters. The molecule has 0 saturated heterocycles. The predicted octanol–water partition coefficient (Wildman–Crippen LogP) is 2.05. The van der Waals surface area contributed by atoms with Gasteiger partial charge in [-0.2, -0.15) is 0 Å². The summed E-state index contributed by atoms with van der Waals surface area (Å²) >= 11 is 0. The molecule has 0 amide bonds. The van der Waals surface area contributed by atoms with Gasteiger partial charge in [-0.05, 0) is 26.8 Å². The lowest BCUT2D eigenvalue weighted by atomic mass is 10.0. The molecule has 0 bridgehead atoms. The third-order valence-electron chi connectivity index (χ3n) is 2.71. The first-order valence-electron chi connectivity index (χ1n) is 6.10. The van der Waals surface area contributed by atoms with Crippen molar-refractivity contribution in [1.82, 2.24) is 15.3 Å². The molecule has 1 heterocycles. The van der Waals surface area contributed by atoms with Crippen LogP contribution in [0.25, 0.3) is 11.0 Å². The van der Waals surface area contributed by atoms with E-state index in [2.05, 4.69) is 36.1 Å². The number of hydrogen-bond acceptors (Lipinski definition) is 4. The van der Waals surface area contributed by atoms with E-state index in [1.165, 1.54) is 0 Å². The Labute approximate surface area is 107 Å². The molecule has 0 radical (unpaired) electrons. The number of aliphatic hydroxyl groups is 1. The molecular formula is C14H19N3O. The molecule has 96 valence electrons. The number of rotatable bonds is 3. The first kappa shape index (κ1) is 12.9. The Kier molecular flexibility index (Phi) is 3.59. The Morgan fingerprint density at radius 3 is 2.67 bits per heavy atom. The number of nitrogens with one attached hydrogen (secondary N) is 1. The molecule has 2 aromatic rings. The zero-order valence-electron chi connectivity index (χ0n) is 11.0. The van der Waals surface area contributed by atoms with E-state index in [4.69, 9.17) is 0 Å². The number of hydrogen-bond donors (Lipinski definition) is 2. The van der Waals surface area contributed by atoms with Crippen LogP contribution in [0.3, 0.4) is 0 Å². The minimum atomic E-state index is -0.579. The van der Waals surface area contributed by atoms with Crippen molar-refractivity contribution in [3.05, 3.63) is 36.2 Å². The number of aliphatic hydroxyl groups excluding tert-OH is 1. The van der Waals surface area contributed by atoms with Crippen LogP contribution in [-0.2, 0) is 0 Å². The fourth-order valence-electron chi connectivity index (χ4n) is 1.80. The second-order valence-corrected chi connectivity index (χ2v) is 5.42. The zero-order valence-corrected chi connectivity index (χ0v) is 11.0. The average Bonchev–Trinajstić information content (AvgIpc) is 2.34.